The number of aromatic nitrogens is 1. The molecule has 0 saturated heterocycles. The Morgan fingerprint density at radius 3 is 2.32 bits per heavy atom. The van der Waals surface area contributed by atoms with Gasteiger partial charge in [0.1, 0.15) is 9.71 Å². The molecule has 2 amide bonds. The molecule has 0 unspecified atom stereocenters. The van der Waals surface area contributed by atoms with Gasteiger partial charge in [-0.1, -0.05) is 30.3 Å². The molecule has 3 aromatic rings. The Hall–Kier alpha value is -3.06. The van der Waals surface area contributed by atoms with Gasteiger partial charge in [-0.3, -0.25) is 9.59 Å². The van der Waals surface area contributed by atoms with Crippen molar-refractivity contribution in [2.45, 2.75) is 27.7 Å². The molecule has 0 aliphatic carbocycles. The Bertz CT molecular complexity index is 1060. The molecule has 0 atom stereocenters. The molecule has 2 heterocycles. The number of esters is 1. The topological polar surface area (TPSA) is 76.6 Å². The molecule has 0 N–H and O–H groups in total. The van der Waals surface area contributed by atoms with E-state index in [1.165, 1.54) is 13.8 Å². The van der Waals surface area contributed by atoms with Gasteiger partial charge in [0, 0.05) is 24.8 Å². The van der Waals surface area contributed by atoms with Crippen LogP contribution in [0.5, 0.6) is 0 Å². The summed E-state index contributed by atoms with van der Waals surface area (Å²) < 4.78 is 5.16. The van der Waals surface area contributed by atoms with Gasteiger partial charge in [-0.2, -0.15) is 0 Å². The van der Waals surface area contributed by atoms with Crippen molar-refractivity contribution in [2.75, 3.05) is 11.5 Å². The van der Waals surface area contributed by atoms with E-state index in [-0.39, 0.29) is 17.2 Å². The molecular weight excluding hydrogens is 376 g/mol. The summed E-state index contributed by atoms with van der Waals surface area (Å²) >= 11 is 1.13. The lowest BCUT2D eigenvalue weighted by Gasteiger charge is -2.18. The Kier molecular flexibility index (Phi) is 5.56. The molecule has 0 aliphatic rings. The number of benzene rings is 1. The Morgan fingerprint density at radius 2 is 1.75 bits per heavy atom. The second-order valence-electron chi connectivity index (χ2n) is 6.24. The molecule has 0 bridgehead atoms. The highest BCUT2D eigenvalue weighted by Crippen LogP contribution is 2.41. The zero-order valence-electron chi connectivity index (χ0n) is 16.1. The molecule has 28 heavy (non-hydrogen) atoms. The molecule has 0 fully saturated rings. The minimum Gasteiger partial charge on any atom is -0.462 e. The Balaban J connectivity index is 2.32. The van der Waals surface area contributed by atoms with E-state index in [1.807, 2.05) is 43.3 Å². The van der Waals surface area contributed by atoms with Crippen molar-refractivity contribution in [2.24, 2.45) is 0 Å². The number of imide groups is 1. The fourth-order valence-corrected chi connectivity index (χ4v) is 4.24. The number of ether oxygens (including phenoxy) is 1. The maximum Gasteiger partial charge on any atom is 0.350 e. The van der Waals surface area contributed by atoms with Crippen molar-refractivity contribution >= 4 is 45.0 Å². The van der Waals surface area contributed by atoms with Gasteiger partial charge in [0.15, 0.2) is 0 Å². The second kappa shape index (κ2) is 7.90. The number of hydrogen-bond acceptors (Lipinski definition) is 6. The summed E-state index contributed by atoms with van der Waals surface area (Å²) in [6, 6.07) is 11.6. The predicted molar refractivity (Wildman–Crippen MR) is 110 cm³/mol. The van der Waals surface area contributed by atoms with Crippen LogP contribution in [-0.4, -0.2) is 29.4 Å². The summed E-state index contributed by atoms with van der Waals surface area (Å²) in [7, 11) is 0. The minimum absolute atomic E-state index is 0.189. The van der Waals surface area contributed by atoms with Crippen molar-refractivity contribution in [3.63, 3.8) is 0 Å². The van der Waals surface area contributed by atoms with E-state index in [4.69, 9.17) is 9.72 Å². The number of carbonyl (C=O) groups excluding carboxylic acids is 3. The van der Waals surface area contributed by atoms with Crippen molar-refractivity contribution in [3.8, 4) is 11.3 Å². The number of aryl methyl sites for hydroxylation is 1. The van der Waals surface area contributed by atoms with Crippen molar-refractivity contribution in [1.29, 1.82) is 0 Å². The van der Waals surface area contributed by atoms with Crippen LogP contribution in [0.25, 0.3) is 21.5 Å². The average molecular weight is 396 g/mol. The molecule has 144 valence electrons. The SMILES string of the molecule is CCOC(=O)c1sc2nc(-c3ccccc3)cc(C)c2c1N(C(C)=O)C(C)=O. The first kappa shape index (κ1) is 19.7. The van der Waals surface area contributed by atoms with Gasteiger partial charge in [-0.05, 0) is 25.5 Å². The van der Waals surface area contributed by atoms with Crippen molar-refractivity contribution < 1.29 is 19.1 Å². The standard InChI is InChI=1S/C21H20N2O4S/c1-5-27-21(26)19-18(23(13(3)24)14(4)25)17-12(2)11-16(22-20(17)28-19)15-9-7-6-8-10-15/h6-11H,5H2,1-4H3. The van der Waals surface area contributed by atoms with Gasteiger partial charge < -0.3 is 4.74 Å². The zero-order valence-corrected chi connectivity index (χ0v) is 16.9. The molecule has 0 saturated carbocycles. The predicted octanol–water partition coefficient (Wildman–Crippen LogP) is 4.35. The molecular formula is C21H20N2O4S. The van der Waals surface area contributed by atoms with Crippen LogP contribution < -0.4 is 4.90 Å². The molecule has 1 aromatic carbocycles. The third-order valence-electron chi connectivity index (χ3n) is 4.22. The van der Waals surface area contributed by atoms with Gasteiger partial charge in [0.05, 0.1) is 18.0 Å². The number of fused-ring (bicyclic) bond motifs is 1. The van der Waals surface area contributed by atoms with Crippen LogP contribution in [0.15, 0.2) is 36.4 Å². The van der Waals surface area contributed by atoms with Crippen molar-refractivity contribution in [3.05, 3.63) is 46.8 Å². The fourth-order valence-electron chi connectivity index (χ4n) is 3.11. The fraction of sp³-hybridized carbons (Fsp3) is 0.238. The highest BCUT2D eigenvalue weighted by Gasteiger charge is 2.30. The number of anilines is 1. The molecule has 0 radical (unpaired) electrons. The Morgan fingerprint density at radius 1 is 1.11 bits per heavy atom. The van der Waals surface area contributed by atoms with Gasteiger partial charge in [-0.25, -0.2) is 14.7 Å². The van der Waals surface area contributed by atoms with E-state index in [0.29, 0.717) is 10.2 Å². The molecule has 0 spiro atoms. The maximum atomic E-state index is 12.6. The molecule has 0 aliphatic heterocycles. The van der Waals surface area contributed by atoms with Crippen LogP contribution in [0.4, 0.5) is 5.69 Å². The number of thiophene rings is 1. The van der Waals surface area contributed by atoms with E-state index in [1.54, 1.807) is 6.92 Å². The average Bonchev–Trinajstić information content (AvgIpc) is 3.02. The van der Waals surface area contributed by atoms with Gasteiger partial charge >= 0.3 is 5.97 Å². The lowest BCUT2D eigenvalue weighted by atomic mass is 10.1. The van der Waals surface area contributed by atoms with E-state index < -0.39 is 17.8 Å². The normalized spacial score (nSPS) is 10.7. The van der Waals surface area contributed by atoms with Crippen LogP contribution in [-0.2, 0) is 14.3 Å². The van der Waals surface area contributed by atoms with Gasteiger partial charge in [0.25, 0.3) is 0 Å². The monoisotopic (exact) mass is 396 g/mol. The lowest BCUT2D eigenvalue weighted by Crippen LogP contribution is -2.34. The largest absolute Gasteiger partial charge is 0.462 e. The molecule has 6 nitrogen and oxygen atoms in total. The van der Waals surface area contributed by atoms with Crippen LogP contribution >= 0.6 is 11.3 Å². The summed E-state index contributed by atoms with van der Waals surface area (Å²) in [5.74, 6) is -1.51. The summed E-state index contributed by atoms with van der Waals surface area (Å²) in [4.78, 5) is 43.4. The smallest absolute Gasteiger partial charge is 0.350 e. The lowest BCUT2D eigenvalue weighted by molar-refractivity contribution is -0.124. The van der Waals surface area contributed by atoms with Gasteiger partial charge in [-0.15, -0.1) is 11.3 Å². The number of hydrogen-bond donors (Lipinski definition) is 0. The summed E-state index contributed by atoms with van der Waals surface area (Å²) in [6.07, 6.45) is 0. The number of carbonyl (C=O) groups is 3. The Labute approximate surface area is 166 Å². The quantitative estimate of drug-likeness (QED) is 0.613. The summed E-state index contributed by atoms with van der Waals surface area (Å²) in [5, 5.41) is 0.609. The number of amides is 2. The first-order valence-electron chi connectivity index (χ1n) is 8.83. The third-order valence-corrected chi connectivity index (χ3v) is 5.27. The van der Waals surface area contributed by atoms with Crippen LogP contribution in [0.1, 0.15) is 36.0 Å². The van der Waals surface area contributed by atoms with Crippen LogP contribution in [0.3, 0.4) is 0 Å². The van der Waals surface area contributed by atoms with E-state index >= 15 is 0 Å². The van der Waals surface area contributed by atoms with E-state index in [9.17, 15) is 14.4 Å². The highest BCUT2D eigenvalue weighted by atomic mass is 32.1. The first-order chi connectivity index (χ1) is 13.3. The summed E-state index contributed by atoms with van der Waals surface area (Å²) in [6.45, 7) is 6.35. The maximum absolute atomic E-state index is 12.6. The summed E-state index contributed by atoms with van der Waals surface area (Å²) in [5.41, 5.74) is 2.77. The molecule has 7 heteroatoms. The van der Waals surface area contributed by atoms with Crippen LogP contribution in [0.2, 0.25) is 0 Å². The molecule has 3 rings (SSSR count). The second-order valence-corrected chi connectivity index (χ2v) is 7.24. The van der Waals surface area contributed by atoms with Crippen LogP contribution in [0, 0.1) is 6.92 Å². The van der Waals surface area contributed by atoms with Gasteiger partial charge in [0.2, 0.25) is 11.8 Å². The number of rotatable bonds is 4. The van der Waals surface area contributed by atoms with Crippen molar-refractivity contribution in [1.82, 2.24) is 4.98 Å². The highest BCUT2D eigenvalue weighted by molar-refractivity contribution is 7.21. The third kappa shape index (κ3) is 3.53. The molecule has 2 aromatic heterocycles. The number of pyridine rings is 1. The zero-order chi connectivity index (χ0) is 20.4. The van der Waals surface area contributed by atoms with E-state index in [0.717, 1.165) is 33.1 Å². The van der Waals surface area contributed by atoms with E-state index in [2.05, 4.69) is 0 Å². The first-order valence-corrected chi connectivity index (χ1v) is 9.64. The minimum atomic E-state index is -0.575. The number of nitrogens with zero attached hydrogens (tertiary/aromatic N) is 2.